The van der Waals surface area contributed by atoms with Crippen LogP contribution in [0, 0.1) is 5.92 Å². The summed E-state index contributed by atoms with van der Waals surface area (Å²) >= 11 is 0. The van der Waals surface area contributed by atoms with Crippen molar-refractivity contribution in [1.82, 2.24) is 9.88 Å². The first-order chi connectivity index (χ1) is 9.35. The number of hydrogen-bond donors (Lipinski definition) is 1. The fourth-order valence-corrected chi connectivity index (χ4v) is 2.90. The van der Waals surface area contributed by atoms with E-state index in [0.717, 1.165) is 37.3 Å². The van der Waals surface area contributed by atoms with Crippen molar-refractivity contribution in [3.8, 4) is 0 Å². The Bertz CT molecular complexity index is 555. The minimum atomic E-state index is 0.312. The molecule has 3 heteroatoms. The first-order valence-electron chi connectivity index (χ1n) is 7.03. The van der Waals surface area contributed by atoms with Gasteiger partial charge in [0, 0.05) is 25.1 Å². The Hall–Kier alpha value is -1.45. The standard InChI is InChI=1S/C16H20N2O/c19-10-8-13-7-9-18(11-13)12-15-6-5-14-3-1-2-4-16(14)17-15/h1-6,13,19H,7-12H2. The van der Waals surface area contributed by atoms with Gasteiger partial charge in [-0.2, -0.15) is 0 Å². The molecule has 0 saturated carbocycles. The Morgan fingerprint density at radius 1 is 1.21 bits per heavy atom. The summed E-state index contributed by atoms with van der Waals surface area (Å²) in [6.07, 6.45) is 2.13. The van der Waals surface area contributed by atoms with Crippen LogP contribution >= 0.6 is 0 Å². The number of aliphatic hydroxyl groups excluding tert-OH is 1. The number of fused-ring (bicyclic) bond motifs is 1. The van der Waals surface area contributed by atoms with E-state index in [0.29, 0.717) is 12.5 Å². The van der Waals surface area contributed by atoms with E-state index in [-0.39, 0.29) is 0 Å². The highest BCUT2D eigenvalue weighted by Crippen LogP contribution is 2.21. The van der Waals surface area contributed by atoms with Crippen LogP contribution in [0.4, 0.5) is 0 Å². The largest absolute Gasteiger partial charge is 0.396 e. The van der Waals surface area contributed by atoms with E-state index in [4.69, 9.17) is 10.1 Å². The van der Waals surface area contributed by atoms with Crippen molar-refractivity contribution in [2.75, 3.05) is 19.7 Å². The summed E-state index contributed by atoms with van der Waals surface area (Å²) in [7, 11) is 0. The molecule has 1 unspecified atom stereocenters. The second kappa shape index (κ2) is 5.68. The number of rotatable bonds is 4. The first kappa shape index (κ1) is 12.6. The molecule has 1 aliphatic heterocycles. The van der Waals surface area contributed by atoms with E-state index in [2.05, 4.69) is 29.2 Å². The highest BCUT2D eigenvalue weighted by atomic mass is 16.3. The molecule has 100 valence electrons. The van der Waals surface area contributed by atoms with Gasteiger partial charge in [-0.3, -0.25) is 9.88 Å². The summed E-state index contributed by atoms with van der Waals surface area (Å²) in [5.74, 6) is 0.658. The number of benzene rings is 1. The van der Waals surface area contributed by atoms with Crippen LogP contribution in [0.5, 0.6) is 0 Å². The van der Waals surface area contributed by atoms with E-state index in [1.165, 1.54) is 11.8 Å². The van der Waals surface area contributed by atoms with Gasteiger partial charge in [0.2, 0.25) is 0 Å². The molecule has 1 aromatic heterocycles. The summed E-state index contributed by atoms with van der Waals surface area (Å²) < 4.78 is 0. The quantitative estimate of drug-likeness (QED) is 0.912. The molecule has 19 heavy (non-hydrogen) atoms. The molecule has 1 aromatic carbocycles. The lowest BCUT2D eigenvalue weighted by Gasteiger charge is -2.15. The molecule has 0 radical (unpaired) electrons. The first-order valence-corrected chi connectivity index (χ1v) is 7.03. The van der Waals surface area contributed by atoms with E-state index >= 15 is 0 Å². The van der Waals surface area contributed by atoms with Crippen LogP contribution < -0.4 is 0 Å². The Kier molecular flexibility index (Phi) is 3.76. The van der Waals surface area contributed by atoms with Crippen LogP contribution in [-0.2, 0) is 6.54 Å². The smallest absolute Gasteiger partial charge is 0.0705 e. The minimum absolute atomic E-state index is 0.312. The average molecular weight is 256 g/mol. The highest BCUT2D eigenvalue weighted by Gasteiger charge is 2.22. The second-order valence-electron chi connectivity index (χ2n) is 5.40. The van der Waals surface area contributed by atoms with Crippen LogP contribution in [0.2, 0.25) is 0 Å². The topological polar surface area (TPSA) is 36.4 Å². The molecule has 1 saturated heterocycles. The molecule has 2 heterocycles. The Labute approximate surface area is 113 Å². The molecule has 0 spiro atoms. The molecule has 2 aromatic rings. The molecular formula is C16H20N2O. The molecule has 3 rings (SSSR count). The number of likely N-dealkylation sites (tertiary alicyclic amines) is 1. The average Bonchev–Trinajstić information content (AvgIpc) is 2.86. The zero-order chi connectivity index (χ0) is 13.1. The number of nitrogens with zero attached hydrogens (tertiary/aromatic N) is 2. The number of aliphatic hydroxyl groups is 1. The molecule has 3 nitrogen and oxygen atoms in total. The van der Waals surface area contributed by atoms with E-state index in [9.17, 15) is 0 Å². The normalized spacial score (nSPS) is 20.2. The van der Waals surface area contributed by atoms with Gasteiger partial charge in [0.05, 0.1) is 11.2 Å². The SMILES string of the molecule is OCCC1CCN(Cc2ccc3ccccc3n2)C1. The summed E-state index contributed by atoms with van der Waals surface area (Å²) in [6.45, 7) is 3.45. The third kappa shape index (κ3) is 2.94. The lowest BCUT2D eigenvalue weighted by Crippen LogP contribution is -2.21. The van der Waals surface area contributed by atoms with Gasteiger partial charge in [-0.15, -0.1) is 0 Å². The summed E-state index contributed by atoms with van der Waals surface area (Å²) in [5.41, 5.74) is 2.22. The van der Waals surface area contributed by atoms with Gasteiger partial charge < -0.3 is 5.11 Å². The summed E-state index contributed by atoms with van der Waals surface area (Å²) in [4.78, 5) is 7.16. The van der Waals surface area contributed by atoms with E-state index in [1.807, 2.05) is 12.1 Å². The third-order valence-electron chi connectivity index (χ3n) is 3.95. The fraction of sp³-hybridized carbons (Fsp3) is 0.438. The second-order valence-corrected chi connectivity index (χ2v) is 5.40. The van der Waals surface area contributed by atoms with Crippen LogP contribution in [0.1, 0.15) is 18.5 Å². The van der Waals surface area contributed by atoms with Gasteiger partial charge in [0.1, 0.15) is 0 Å². The number of hydrogen-bond acceptors (Lipinski definition) is 3. The Morgan fingerprint density at radius 2 is 2.11 bits per heavy atom. The van der Waals surface area contributed by atoms with Crippen molar-refractivity contribution in [3.05, 3.63) is 42.1 Å². The van der Waals surface area contributed by atoms with E-state index < -0.39 is 0 Å². The number of para-hydroxylation sites is 1. The molecule has 1 atom stereocenters. The molecular weight excluding hydrogens is 236 g/mol. The maximum absolute atomic E-state index is 8.99. The highest BCUT2D eigenvalue weighted by molar-refractivity contribution is 5.78. The molecule has 0 aliphatic carbocycles. The molecule has 1 fully saturated rings. The minimum Gasteiger partial charge on any atom is -0.396 e. The van der Waals surface area contributed by atoms with Gasteiger partial charge in [-0.05, 0) is 37.4 Å². The van der Waals surface area contributed by atoms with E-state index in [1.54, 1.807) is 0 Å². The number of pyridine rings is 1. The molecule has 0 amide bonds. The van der Waals surface area contributed by atoms with Crippen molar-refractivity contribution in [2.45, 2.75) is 19.4 Å². The van der Waals surface area contributed by atoms with Crippen molar-refractivity contribution in [2.24, 2.45) is 5.92 Å². The van der Waals surface area contributed by atoms with Gasteiger partial charge >= 0.3 is 0 Å². The zero-order valence-corrected chi connectivity index (χ0v) is 11.1. The summed E-state index contributed by atoms with van der Waals surface area (Å²) in [6, 6.07) is 12.5. The maximum atomic E-state index is 8.99. The van der Waals surface area contributed by atoms with Crippen LogP contribution in [0.25, 0.3) is 10.9 Å². The predicted molar refractivity (Wildman–Crippen MR) is 76.8 cm³/mol. The molecule has 1 N–H and O–H groups in total. The van der Waals surface area contributed by atoms with Crippen molar-refractivity contribution in [3.63, 3.8) is 0 Å². The lowest BCUT2D eigenvalue weighted by atomic mass is 10.1. The molecule has 0 bridgehead atoms. The van der Waals surface area contributed by atoms with Gasteiger partial charge in [-0.1, -0.05) is 24.3 Å². The molecule has 1 aliphatic rings. The predicted octanol–water partition coefficient (Wildman–Crippen LogP) is 2.44. The van der Waals surface area contributed by atoms with Gasteiger partial charge in [-0.25, -0.2) is 0 Å². The number of aromatic nitrogens is 1. The third-order valence-corrected chi connectivity index (χ3v) is 3.95. The lowest BCUT2D eigenvalue weighted by molar-refractivity contribution is 0.249. The Balaban J connectivity index is 1.68. The van der Waals surface area contributed by atoms with Crippen LogP contribution in [-0.4, -0.2) is 34.7 Å². The van der Waals surface area contributed by atoms with Gasteiger partial charge in [0.25, 0.3) is 0 Å². The van der Waals surface area contributed by atoms with Crippen molar-refractivity contribution >= 4 is 10.9 Å². The Morgan fingerprint density at radius 3 is 3.00 bits per heavy atom. The fourth-order valence-electron chi connectivity index (χ4n) is 2.90. The monoisotopic (exact) mass is 256 g/mol. The van der Waals surface area contributed by atoms with Crippen molar-refractivity contribution < 1.29 is 5.11 Å². The van der Waals surface area contributed by atoms with Crippen LogP contribution in [0.3, 0.4) is 0 Å². The van der Waals surface area contributed by atoms with Crippen molar-refractivity contribution in [1.29, 1.82) is 0 Å². The van der Waals surface area contributed by atoms with Crippen LogP contribution in [0.15, 0.2) is 36.4 Å². The zero-order valence-electron chi connectivity index (χ0n) is 11.1. The maximum Gasteiger partial charge on any atom is 0.0705 e. The van der Waals surface area contributed by atoms with Gasteiger partial charge in [0.15, 0.2) is 0 Å². The summed E-state index contributed by atoms with van der Waals surface area (Å²) in [5, 5.41) is 10.2.